The number of furan rings is 1. The average Bonchev–Trinajstić information content (AvgIpc) is 3.43. The molecule has 0 aliphatic carbocycles. The highest BCUT2D eigenvalue weighted by Crippen LogP contribution is 2.30. The molecule has 0 saturated heterocycles. The molecule has 0 spiro atoms. The highest BCUT2D eigenvalue weighted by molar-refractivity contribution is 7.89. The number of carbonyl (C=O) groups excluding carboxylic acids is 1. The van der Waals surface area contributed by atoms with Gasteiger partial charge in [0.25, 0.3) is 0 Å². The zero-order valence-corrected chi connectivity index (χ0v) is 24.1. The molecule has 11 heteroatoms. The van der Waals surface area contributed by atoms with E-state index in [2.05, 4.69) is 0 Å². The minimum absolute atomic E-state index is 0.0380. The summed E-state index contributed by atoms with van der Waals surface area (Å²) in [5.41, 5.74) is 0.928. The van der Waals surface area contributed by atoms with Crippen molar-refractivity contribution < 1.29 is 27.1 Å². The number of carbonyl (C=O) groups is 1. The van der Waals surface area contributed by atoms with Gasteiger partial charge in [0, 0.05) is 17.6 Å². The summed E-state index contributed by atoms with van der Waals surface area (Å²) in [7, 11) is -1.000. The number of methoxy groups -OCH3 is 2. The molecular weight excluding hydrogens is 551 g/mol. The van der Waals surface area contributed by atoms with Gasteiger partial charge in [-0.25, -0.2) is 8.42 Å². The third-order valence-electron chi connectivity index (χ3n) is 6.25. The lowest BCUT2D eigenvalue weighted by Gasteiger charge is -2.30. The largest absolute Gasteiger partial charge is 0.493 e. The lowest BCUT2D eigenvalue weighted by atomic mass is 10.1. The van der Waals surface area contributed by atoms with Crippen LogP contribution in [0.3, 0.4) is 0 Å². The fourth-order valence-corrected chi connectivity index (χ4v) is 6.29. The maximum Gasteiger partial charge on any atom is 0.245 e. The molecule has 1 heterocycles. The Kier molecular flexibility index (Phi) is 10.5. The van der Waals surface area contributed by atoms with Crippen LogP contribution in [-0.4, -0.2) is 56.9 Å². The Morgan fingerprint density at radius 3 is 2.42 bits per heavy atom. The van der Waals surface area contributed by atoms with Crippen molar-refractivity contribution >= 4 is 39.1 Å². The van der Waals surface area contributed by atoms with Gasteiger partial charge >= 0.3 is 0 Å². The van der Waals surface area contributed by atoms with Crippen LogP contribution in [-0.2, 0) is 27.8 Å². The summed E-state index contributed by atoms with van der Waals surface area (Å²) in [5, 5.41) is 0.272. The maximum absolute atomic E-state index is 13.7. The molecule has 3 aromatic rings. The first-order valence-electron chi connectivity index (χ1n) is 12.1. The van der Waals surface area contributed by atoms with Crippen LogP contribution in [0.2, 0.25) is 10.0 Å². The van der Waals surface area contributed by atoms with Gasteiger partial charge in [0.1, 0.15) is 10.7 Å². The number of amides is 1. The number of sulfonamides is 1. The number of nitrogens with zero attached hydrogens (tertiary/aromatic N) is 2. The van der Waals surface area contributed by atoms with Crippen LogP contribution in [0, 0.1) is 0 Å². The molecular formula is C27H32Cl2N2O6S. The topological polar surface area (TPSA) is 89.3 Å². The third kappa shape index (κ3) is 7.22. The second-order valence-corrected chi connectivity index (χ2v) is 11.4. The van der Waals surface area contributed by atoms with E-state index < -0.39 is 16.1 Å². The van der Waals surface area contributed by atoms with Crippen molar-refractivity contribution in [2.75, 3.05) is 27.3 Å². The lowest BCUT2D eigenvalue weighted by Crippen LogP contribution is -2.46. The summed E-state index contributed by atoms with van der Waals surface area (Å²) >= 11 is 12.3. The van der Waals surface area contributed by atoms with Gasteiger partial charge in [0.15, 0.2) is 11.5 Å². The van der Waals surface area contributed by atoms with E-state index in [1.165, 1.54) is 28.8 Å². The molecule has 1 amide bonds. The Balaban J connectivity index is 1.88. The fourth-order valence-electron chi connectivity index (χ4n) is 3.90. The summed E-state index contributed by atoms with van der Waals surface area (Å²) in [6, 6.07) is 12.8. The van der Waals surface area contributed by atoms with E-state index in [4.69, 9.17) is 37.1 Å². The summed E-state index contributed by atoms with van der Waals surface area (Å²) in [6.45, 7) is 3.75. The number of ether oxygens (including phenoxy) is 2. The van der Waals surface area contributed by atoms with Crippen molar-refractivity contribution in [3.05, 3.63) is 76.2 Å². The van der Waals surface area contributed by atoms with E-state index in [1.54, 1.807) is 44.2 Å². The molecule has 206 valence electrons. The Morgan fingerprint density at radius 1 is 1.05 bits per heavy atom. The molecule has 0 N–H and O–H groups in total. The molecule has 0 saturated carbocycles. The molecule has 1 aromatic heterocycles. The van der Waals surface area contributed by atoms with Gasteiger partial charge in [-0.2, -0.15) is 4.31 Å². The fraction of sp³-hybridized carbons (Fsp3) is 0.370. The minimum atomic E-state index is -4.12. The van der Waals surface area contributed by atoms with Crippen molar-refractivity contribution in [3.63, 3.8) is 0 Å². The quantitative estimate of drug-likeness (QED) is 0.258. The second-order valence-electron chi connectivity index (χ2n) is 8.72. The van der Waals surface area contributed by atoms with Crippen molar-refractivity contribution in [2.45, 2.75) is 44.2 Å². The predicted molar refractivity (Wildman–Crippen MR) is 147 cm³/mol. The van der Waals surface area contributed by atoms with Gasteiger partial charge < -0.3 is 18.8 Å². The summed E-state index contributed by atoms with van der Waals surface area (Å²) in [6.07, 6.45) is 2.53. The molecule has 2 aromatic carbocycles. The Morgan fingerprint density at radius 2 is 1.79 bits per heavy atom. The molecule has 0 fully saturated rings. The Bertz CT molecular complexity index is 1330. The van der Waals surface area contributed by atoms with Gasteiger partial charge in [0.05, 0.1) is 38.6 Å². The van der Waals surface area contributed by atoms with Crippen LogP contribution in [0.5, 0.6) is 11.5 Å². The van der Waals surface area contributed by atoms with Gasteiger partial charge in [-0.3, -0.25) is 4.79 Å². The highest BCUT2D eigenvalue weighted by atomic mass is 35.5. The Hall–Kier alpha value is -2.72. The molecule has 0 aliphatic heterocycles. The van der Waals surface area contributed by atoms with Crippen molar-refractivity contribution in [1.29, 1.82) is 0 Å². The smallest absolute Gasteiger partial charge is 0.245 e. The van der Waals surface area contributed by atoms with Gasteiger partial charge in [0.2, 0.25) is 15.9 Å². The predicted octanol–water partition coefficient (Wildman–Crippen LogP) is 5.66. The molecule has 0 radical (unpaired) electrons. The zero-order valence-electron chi connectivity index (χ0n) is 21.8. The van der Waals surface area contributed by atoms with E-state index in [-0.39, 0.29) is 33.9 Å². The van der Waals surface area contributed by atoms with E-state index in [9.17, 15) is 13.2 Å². The number of benzene rings is 2. The first kappa shape index (κ1) is 29.8. The first-order valence-corrected chi connectivity index (χ1v) is 14.3. The normalized spacial score (nSPS) is 12.4. The van der Waals surface area contributed by atoms with Gasteiger partial charge in [-0.1, -0.05) is 36.2 Å². The molecule has 0 bridgehead atoms. The molecule has 0 aliphatic rings. The second kappa shape index (κ2) is 13.4. The average molecular weight is 584 g/mol. The molecule has 3 rings (SSSR count). The van der Waals surface area contributed by atoms with Crippen LogP contribution in [0.15, 0.2) is 64.1 Å². The maximum atomic E-state index is 13.7. The monoisotopic (exact) mass is 582 g/mol. The van der Waals surface area contributed by atoms with Gasteiger partial charge in [-0.15, -0.1) is 0 Å². The summed E-state index contributed by atoms with van der Waals surface area (Å²) < 4.78 is 44.7. The number of rotatable bonds is 13. The number of hydrogen-bond donors (Lipinski definition) is 0. The van der Waals surface area contributed by atoms with E-state index in [0.29, 0.717) is 36.6 Å². The van der Waals surface area contributed by atoms with E-state index in [1.807, 2.05) is 19.1 Å². The third-order valence-corrected chi connectivity index (χ3v) is 8.93. The highest BCUT2D eigenvalue weighted by Gasteiger charge is 2.33. The number of halogens is 2. The van der Waals surface area contributed by atoms with Gasteiger partial charge in [-0.05, 0) is 67.8 Å². The van der Waals surface area contributed by atoms with E-state index >= 15 is 0 Å². The molecule has 1 atom stereocenters. The van der Waals surface area contributed by atoms with Crippen LogP contribution >= 0.6 is 23.2 Å². The van der Waals surface area contributed by atoms with Crippen molar-refractivity contribution in [2.24, 2.45) is 0 Å². The molecule has 8 nitrogen and oxygen atoms in total. The standard InChI is InChI=1S/C27H32Cl2N2O6S/c1-5-19(2)31(38(33,34)26-16-21(28)9-10-23(26)29)18-27(32)30(17-22-7-6-14-37-22)13-12-20-8-11-24(35-3)25(15-20)36-4/h6-11,14-16,19H,5,12-13,17-18H2,1-4H3. The Labute approximate surface area is 234 Å². The van der Waals surface area contributed by atoms with Crippen LogP contribution in [0.25, 0.3) is 0 Å². The van der Waals surface area contributed by atoms with Crippen molar-refractivity contribution in [1.82, 2.24) is 9.21 Å². The SMILES string of the molecule is CCC(C)N(CC(=O)N(CCc1ccc(OC)c(OC)c1)Cc1ccco1)S(=O)(=O)c1cc(Cl)ccc1Cl. The van der Waals surface area contributed by atoms with Crippen LogP contribution in [0.1, 0.15) is 31.6 Å². The molecule has 1 unspecified atom stereocenters. The number of hydrogen-bond acceptors (Lipinski definition) is 6. The summed E-state index contributed by atoms with van der Waals surface area (Å²) in [5.74, 6) is 1.40. The molecule has 38 heavy (non-hydrogen) atoms. The van der Waals surface area contributed by atoms with Crippen molar-refractivity contribution in [3.8, 4) is 11.5 Å². The van der Waals surface area contributed by atoms with Crippen LogP contribution in [0.4, 0.5) is 0 Å². The first-order chi connectivity index (χ1) is 18.1. The summed E-state index contributed by atoms with van der Waals surface area (Å²) in [4.78, 5) is 15.1. The van der Waals surface area contributed by atoms with Crippen LogP contribution < -0.4 is 9.47 Å². The zero-order chi connectivity index (χ0) is 27.9. The minimum Gasteiger partial charge on any atom is -0.493 e. The van der Waals surface area contributed by atoms with E-state index in [0.717, 1.165) is 5.56 Å². The lowest BCUT2D eigenvalue weighted by molar-refractivity contribution is -0.132.